The molecular formula is C12H14O3. The third kappa shape index (κ3) is 4.78. The van der Waals surface area contributed by atoms with E-state index in [2.05, 4.69) is 48.5 Å². The van der Waals surface area contributed by atoms with Gasteiger partial charge in [0.25, 0.3) is 5.97 Å². The van der Waals surface area contributed by atoms with Crippen LogP contribution in [0.2, 0.25) is 0 Å². The number of carbonyl (C=O) groups is 1. The minimum absolute atomic E-state index is 0. The van der Waals surface area contributed by atoms with E-state index in [-0.39, 0.29) is 5.48 Å². The third-order valence-corrected chi connectivity index (χ3v) is 1.66. The van der Waals surface area contributed by atoms with Gasteiger partial charge in [-0.1, -0.05) is 48.5 Å². The molecule has 2 rings (SSSR count). The Morgan fingerprint density at radius 2 is 1.13 bits per heavy atom. The van der Waals surface area contributed by atoms with Gasteiger partial charge >= 0.3 is 0 Å². The van der Waals surface area contributed by atoms with Crippen molar-refractivity contribution in [1.29, 1.82) is 0 Å². The number of hydrogen-bond acceptors (Lipinski definition) is 1. The number of aliphatic carboxylic acids is 1. The SMILES string of the molecule is CC(=O)O.O.c1ccc2ccccc2c1. The van der Waals surface area contributed by atoms with Crippen LogP contribution in [-0.4, -0.2) is 16.6 Å². The van der Waals surface area contributed by atoms with Crippen molar-refractivity contribution in [2.45, 2.75) is 6.92 Å². The van der Waals surface area contributed by atoms with Gasteiger partial charge in [-0.15, -0.1) is 0 Å². The van der Waals surface area contributed by atoms with E-state index in [9.17, 15) is 0 Å². The minimum atomic E-state index is -0.833. The highest BCUT2D eigenvalue weighted by atomic mass is 16.4. The van der Waals surface area contributed by atoms with Crippen molar-refractivity contribution < 1.29 is 15.4 Å². The highest BCUT2D eigenvalue weighted by Crippen LogP contribution is 2.11. The standard InChI is InChI=1S/C10H8.C2H4O2.H2O/c1-2-6-10-8-4-3-7-9(10)5-1;1-2(3)4;/h1-8H;1H3,(H,3,4);1H2. The van der Waals surface area contributed by atoms with Crippen LogP contribution in [0.4, 0.5) is 0 Å². The summed E-state index contributed by atoms with van der Waals surface area (Å²) in [5.41, 5.74) is 0. The predicted molar refractivity (Wildman–Crippen MR) is 60.9 cm³/mol. The number of carboxylic acids is 1. The lowest BCUT2D eigenvalue weighted by Gasteiger charge is -1.92. The molecule has 0 aromatic heterocycles. The Morgan fingerprint density at radius 3 is 1.33 bits per heavy atom. The maximum Gasteiger partial charge on any atom is 0.300 e. The molecule has 15 heavy (non-hydrogen) atoms. The first-order chi connectivity index (χ1) is 6.70. The average molecular weight is 206 g/mol. The molecule has 0 amide bonds. The molecule has 80 valence electrons. The van der Waals surface area contributed by atoms with Crippen LogP contribution < -0.4 is 0 Å². The van der Waals surface area contributed by atoms with Crippen molar-refractivity contribution in [2.24, 2.45) is 0 Å². The highest BCUT2D eigenvalue weighted by molar-refractivity contribution is 5.81. The van der Waals surface area contributed by atoms with Gasteiger partial charge in [-0.3, -0.25) is 4.79 Å². The van der Waals surface area contributed by atoms with Gasteiger partial charge in [0.1, 0.15) is 0 Å². The highest BCUT2D eigenvalue weighted by Gasteiger charge is 1.85. The smallest absolute Gasteiger partial charge is 0.300 e. The number of rotatable bonds is 0. The number of fused-ring (bicyclic) bond motifs is 1. The molecule has 0 heterocycles. The Morgan fingerprint density at radius 1 is 0.933 bits per heavy atom. The Kier molecular flexibility index (Phi) is 5.75. The van der Waals surface area contributed by atoms with E-state index in [4.69, 9.17) is 9.90 Å². The normalized spacial score (nSPS) is 8.33. The lowest BCUT2D eigenvalue weighted by Crippen LogP contribution is -1.78. The molecule has 0 unspecified atom stereocenters. The van der Waals surface area contributed by atoms with E-state index in [1.54, 1.807) is 0 Å². The lowest BCUT2D eigenvalue weighted by molar-refractivity contribution is -0.134. The molecule has 2 aromatic rings. The van der Waals surface area contributed by atoms with E-state index in [0.29, 0.717) is 0 Å². The molecule has 0 fully saturated rings. The van der Waals surface area contributed by atoms with Gasteiger partial charge in [0.15, 0.2) is 0 Å². The van der Waals surface area contributed by atoms with Crippen molar-refractivity contribution in [2.75, 3.05) is 0 Å². The topological polar surface area (TPSA) is 68.8 Å². The zero-order chi connectivity index (χ0) is 10.4. The van der Waals surface area contributed by atoms with Crippen LogP contribution in [0.1, 0.15) is 6.92 Å². The van der Waals surface area contributed by atoms with Crippen molar-refractivity contribution in [3.05, 3.63) is 48.5 Å². The monoisotopic (exact) mass is 206 g/mol. The second kappa shape index (κ2) is 6.56. The molecular weight excluding hydrogens is 192 g/mol. The summed E-state index contributed by atoms with van der Waals surface area (Å²) in [6, 6.07) is 16.7. The van der Waals surface area contributed by atoms with Crippen LogP contribution >= 0.6 is 0 Å². The molecule has 3 N–H and O–H groups in total. The van der Waals surface area contributed by atoms with Crippen LogP contribution in [0.5, 0.6) is 0 Å². The van der Waals surface area contributed by atoms with Crippen molar-refractivity contribution in [1.82, 2.24) is 0 Å². The first-order valence-electron chi connectivity index (χ1n) is 4.33. The molecule has 0 aliphatic rings. The average Bonchev–Trinajstić information content (AvgIpc) is 2.17. The quantitative estimate of drug-likeness (QED) is 0.717. The summed E-state index contributed by atoms with van der Waals surface area (Å²) in [5, 5.41) is 10.0. The summed E-state index contributed by atoms with van der Waals surface area (Å²) in [4.78, 5) is 9.00. The molecule has 0 atom stereocenters. The maximum atomic E-state index is 9.00. The van der Waals surface area contributed by atoms with Gasteiger partial charge < -0.3 is 10.6 Å². The van der Waals surface area contributed by atoms with Gasteiger partial charge in [0.2, 0.25) is 0 Å². The molecule has 0 spiro atoms. The fraction of sp³-hybridized carbons (Fsp3) is 0.0833. The Balaban J connectivity index is 0.000000346. The second-order valence-electron chi connectivity index (χ2n) is 2.87. The zero-order valence-corrected chi connectivity index (χ0v) is 8.47. The van der Waals surface area contributed by atoms with Gasteiger partial charge in [-0.25, -0.2) is 0 Å². The summed E-state index contributed by atoms with van der Waals surface area (Å²) in [5.74, 6) is -0.833. The van der Waals surface area contributed by atoms with Crippen LogP contribution in [-0.2, 0) is 4.79 Å². The lowest BCUT2D eigenvalue weighted by atomic mass is 10.1. The molecule has 2 aromatic carbocycles. The van der Waals surface area contributed by atoms with Gasteiger partial charge in [-0.2, -0.15) is 0 Å². The predicted octanol–water partition coefficient (Wildman–Crippen LogP) is 2.11. The Bertz CT molecular complexity index is 354. The summed E-state index contributed by atoms with van der Waals surface area (Å²) in [6.45, 7) is 1.08. The van der Waals surface area contributed by atoms with Crippen molar-refractivity contribution in [3.8, 4) is 0 Å². The molecule has 3 heteroatoms. The van der Waals surface area contributed by atoms with Gasteiger partial charge in [-0.05, 0) is 10.8 Å². The van der Waals surface area contributed by atoms with Gasteiger partial charge in [0, 0.05) is 6.92 Å². The largest absolute Gasteiger partial charge is 0.481 e. The number of carboxylic acid groups (broad SMARTS) is 1. The van der Waals surface area contributed by atoms with Crippen molar-refractivity contribution >= 4 is 16.7 Å². The molecule has 0 saturated carbocycles. The summed E-state index contributed by atoms with van der Waals surface area (Å²) >= 11 is 0. The molecule has 0 bridgehead atoms. The van der Waals surface area contributed by atoms with Crippen LogP contribution in [0.15, 0.2) is 48.5 Å². The zero-order valence-electron chi connectivity index (χ0n) is 8.47. The van der Waals surface area contributed by atoms with E-state index in [1.165, 1.54) is 10.8 Å². The van der Waals surface area contributed by atoms with E-state index in [1.807, 2.05) is 0 Å². The summed E-state index contributed by atoms with van der Waals surface area (Å²) < 4.78 is 0. The number of benzene rings is 2. The summed E-state index contributed by atoms with van der Waals surface area (Å²) in [6.07, 6.45) is 0. The Labute approximate surface area is 88.3 Å². The maximum absolute atomic E-state index is 9.00. The number of hydrogen-bond donors (Lipinski definition) is 1. The summed E-state index contributed by atoms with van der Waals surface area (Å²) in [7, 11) is 0. The molecule has 3 nitrogen and oxygen atoms in total. The fourth-order valence-corrected chi connectivity index (χ4v) is 1.13. The van der Waals surface area contributed by atoms with Crippen LogP contribution in [0.3, 0.4) is 0 Å². The van der Waals surface area contributed by atoms with Crippen LogP contribution in [0, 0.1) is 0 Å². The molecule has 0 radical (unpaired) electrons. The van der Waals surface area contributed by atoms with Crippen LogP contribution in [0.25, 0.3) is 10.8 Å². The van der Waals surface area contributed by atoms with Crippen molar-refractivity contribution in [3.63, 3.8) is 0 Å². The first kappa shape index (κ1) is 13.1. The first-order valence-corrected chi connectivity index (χ1v) is 4.33. The van der Waals surface area contributed by atoms with E-state index < -0.39 is 5.97 Å². The fourth-order valence-electron chi connectivity index (χ4n) is 1.13. The third-order valence-electron chi connectivity index (χ3n) is 1.66. The Hall–Kier alpha value is -1.87. The molecule has 0 aliphatic carbocycles. The van der Waals surface area contributed by atoms with Gasteiger partial charge in [0.05, 0.1) is 0 Å². The molecule has 0 saturated heterocycles. The minimum Gasteiger partial charge on any atom is -0.481 e. The van der Waals surface area contributed by atoms with E-state index in [0.717, 1.165) is 6.92 Å². The second-order valence-corrected chi connectivity index (χ2v) is 2.87. The van der Waals surface area contributed by atoms with E-state index >= 15 is 0 Å². The molecule has 0 aliphatic heterocycles.